The lowest BCUT2D eigenvalue weighted by Gasteiger charge is -2.35. The lowest BCUT2D eigenvalue weighted by molar-refractivity contribution is -0.117. The van der Waals surface area contributed by atoms with Crippen molar-refractivity contribution in [2.45, 2.75) is 12.5 Å². The minimum absolute atomic E-state index is 0.0679. The van der Waals surface area contributed by atoms with Gasteiger partial charge in [0, 0.05) is 49.9 Å². The van der Waals surface area contributed by atoms with Crippen LogP contribution in [-0.2, 0) is 4.79 Å². The number of anilines is 1. The van der Waals surface area contributed by atoms with Crippen molar-refractivity contribution in [1.82, 2.24) is 4.90 Å². The average molecular weight is 280 g/mol. The van der Waals surface area contributed by atoms with Gasteiger partial charge in [0.25, 0.3) is 0 Å². The predicted molar refractivity (Wildman–Crippen MR) is 75.2 cm³/mol. The zero-order valence-electron chi connectivity index (χ0n) is 11.8. The minimum atomic E-state index is -0.235. The first kappa shape index (κ1) is 14.6. The fourth-order valence-electron chi connectivity index (χ4n) is 2.09. The van der Waals surface area contributed by atoms with Crippen LogP contribution in [0.1, 0.15) is 6.42 Å². The average Bonchev–Trinajstić information content (AvgIpc) is 2.41. The third-order valence-electron chi connectivity index (χ3n) is 3.23. The third kappa shape index (κ3) is 3.85. The number of aliphatic hydroxyl groups excluding tert-OH is 1. The Kier molecular flexibility index (Phi) is 4.81. The number of hydrogen-bond donors (Lipinski definition) is 2. The van der Waals surface area contributed by atoms with Crippen LogP contribution in [0.25, 0.3) is 0 Å². The SMILES string of the molecule is COc1cc(NC(=O)CCN2CC(O)C2)cc(OC)c1. The summed E-state index contributed by atoms with van der Waals surface area (Å²) in [6.07, 6.45) is 0.160. The summed E-state index contributed by atoms with van der Waals surface area (Å²) in [6, 6.07) is 5.23. The molecule has 1 aromatic rings. The molecule has 1 fully saturated rings. The fraction of sp³-hybridized carbons (Fsp3) is 0.500. The van der Waals surface area contributed by atoms with Crippen LogP contribution in [0.3, 0.4) is 0 Å². The van der Waals surface area contributed by atoms with Crippen molar-refractivity contribution < 1.29 is 19.4 Å². The van der Waals surface area contributed by atoms with E-state index in [1.165, 1.54) is 0 Å². The zero-order valence-corrected chi connectivity index (χ0v) is 11.8. The van der Waals surface area contributed by atoms with E-state index in [0.29, 0.717) is 43.2 Å². The number of β-amino-alcohol motifs (C(OH)–C–C–N with tert-alkyl or cyclic N) is 1. The van der Waals surface area contributed by atoms with Crippen molar-refractivity contribution in [3.05, 3.63) is 18.2 Å². The first-order chi connectivity index (χ1) is 9.60. The maximum absolute atomic E-state index is 11.9. The number of nitrogens with one attached hydrogen (secondary N) is 1. The van der Waals surface area contributed by atoms with Gasteiger partial charge in [0.1, 0.15) is 11.5 Å². The Morgan fingerprint density at radius 3 is 2.40 bits per heavy atom. The number of hydrogen-bond acceptors (Lipinski definition) is 5. The largest absolute Gasteiger partial charge is 0.497 e. The summed E-state index contributed by atoms with van der Waals surface area (Å²) in [5.74, 6) is 1.19. The molecule has 6 nitrogen and oxygen atoms in total. The van der Waals surface area contributed by atoms with Crippen LogP contribution in [0.4, 0.5) is 5.69 Å². The molecule has 0 bridgehead atoms. The van der Waals surface area contributed by atoms with Crippen molar-refractivity contribution >= 4 is 11.6 Å². The molecule has 1 amide bonds. The molecule has 0 saturated carbocycles. The summed E-state index contributed by atoms with van der Waals surface area (Å²) in [6.45, 7) is 1.96. The second kappa shape index (κ2) is 6.58. The van der Waals surface area contributed by atoms with Crippen molar-refractivity contribution in [3.63, 3.8) is 0 Å². The molecular weight excluding hydrogens is 260 g/mol. The predicted octanol–water partition coefficient (Wildman–Crippen LogP) is 0.709. The van der Waals surface area contributed by atoms with E-state index in [9.17, 15) is 4.79 Å². The monoisotopic (exact) mass is 280 g/mol. The van der Waals surface area contributed by atoms with E-state index in [4.69, 9.17) is 14.6 Å². The summed E-state index contributed by atoms with van der Waals surface area (Å²) in [4.78, 5) is 13.9. The molecule has 110 valence electrons. The Hall–Kier alpha value is -1.79. The number of methoxy groups -OCH3 is 2. The molecule has 0 spiro atoms. The highest BCUT2D eigenvalue weighted by Crippen LogP contribution is 2.25. The van der Waals surface area contributed by atoms with Gasteiger partial charge in [-0.25, -0.2) is 0 Å². The smallest absolute Gasteiger partial charge is 0.225 e. The number of rotatable bonds is 6. The topological polar surface area (TPSA) is 71.0 Å². The number of likely N-dealkylation sites (tertiary alicyclic amines) is 1. The minimum Gasteiger partial charge on any atom is -0.497 e. The lowest BCUT2D eigenvalue weighted by atomic mass is 10.1. The van der Waals surface area contributed by atoms with Crippen molar-refractivity contribution in [2.75, 3.05) is 39.2 Å². The molecule has 1 saturated heterocycles. The van der Waals surface area contributed by atoms with Crippen molar-refractivity contribution in [2.24, 2.45) is 0 Å². The highest BCUT2D eigenvalue weighted by atomic mass is 16.5. The first-order valence-corrected chi connectivity index (χ1v) is 6.54. The molecule has 1 aliphatic rings. The standard InChI is InChI=1S/C14H20N2O4/c1-19-12-5-10(6-13(7-12)20-2)15-14(18)3-4-16-8-11(17)9-16/h5-7,11,17H,3-4,8-9H2,1-2H3,(H,15,18). The molecule has 1 heterocycles. The van der Waals surface area contributed by atoms with E-state index in [-0.39, 0.29) is 12.0 Å². The number of ether oxygens (including phenoxy) is 2. The van der Waals surface area contributed by atoms with Gasteiger partial charge in [-0.1, -0.05) is 0 Å². The van der Waals surface area contributed by atoms with Gasteiger partial charge in [-0.2, -0.15) is 0 Å². The molecule has 2 N–H and O–H groups in total. The maximum atomic E-state index is 11.9. The van der Waals surface area contributed by atoms with Crippen LogP contribution in [0, 0.1) is 0 Å². The summed E-state index contributed by atoms with van der Waals surface area (Å²) >= 11 is 0. The number of nitrogens with zero attached hydrogens (tertiary/aromatic N) is 1. The van der Waals surface area contributed by atoms with Gasteiger partial charge in [0.05, 0.1) is 20.3 Å². The second-order valence-electron chi connectivity index (χ2n) is 4.81. The molecule has 0 aromatic heterocycles. The lowest BCUT2D eigenvalue weighted by Crippen LogP contribution is -2.51. The van der Waals surface area contributed by atoms with E-state index in [0.717, 1.165) is 0 Å². The van der Waals surface area contributed by atoms with Gasteiger partial charge in [0.15, 0.2) is 0 Å². The number of aliphatic hydroxyl groups is 1. The number of benzene rings is 1. The molecule has 20 heavy (non-hydrogen) atoms. The summed E-state index contributed by atoms with van der Waals surface area (Å²) in [7, 11) is 3.13. The van der Waals surface area contributed by atoms with E-state index in [2.05, 4.69) is 5.32 Å². The number of amides is 1. The summed E-state index contributed by atoms with van der Waals surface area (Å²) < 4.78 is 10.3. The van der Waals surface area contributed by atoms with E-state index < -0.39 is 0 Å². The molecule has 0 unspecified atom stereocenters. The molecular formula is C14H20N2O4. The van der Waals surface area contributed by atoms with Crippen LogP contribution in [0.15, 0.2) is 18.2 Å². The normalized spacial score (nSPS) is 15.6. The molecule has 0 radical (unpaired) electrons. The van der Waals surface area contributed by atoms with Gasteiger partial charge < -0.3 is 19.9 Å². The maximum Gasteiger partial charge on any atom is 0.225 e. The first-order valence-electron chi connectivity index (χ1n) is 6.54. The second-order valence-corrected chi connectivity index (χ2v) is 4.81. The van der Waals surface area contributed by atoms with Crippen LogP contribution in [0.2, 0.25) is 0 Å². The van der Waals surface area contributed by atoms with Gasteiger partial charge in [-0.05, 0) is 0 Å². The van der Waals surface area contributed by atoms with Gasteiger partial charge in [-0.15, -0.1) is 0 Å². The Morgan fingerprint density at radius 1 is 1.30 bits per heavy atom. The van der Waals surface area contributed by atoms with E-state index >= 15 is 0 Å². The molecule has 0 aliphatic carbocycles. The van der Waals surface area contributed by atoms with Crippen molar-refractivity contribution in [3.8, 4) is 11.5 Å². The summed E-state index contributed by atoms with van der Waals surface area (Å²) in [5.41, 5.74) is 0.648. The molecule has 2 rings (SSSR count). The number of carbonyl (C=O) groups excluding carboxylic acids is 1. The fourth-order valence-corrected chi connectivity index (χ4v) is 2.09. The highest BCUT2D eigenvalue weighted by Gasteiger charge is 2.24. The van der Waals surface area contributed by atoms with Crippen LogP contribution in [-0.4, -0.2) is 55.9 Å². The highest BCUT2D eigenvalue weighted by molar-refractivity contribution is 5.91. The number of carbonyl (C=O) groups is 1. The molecule has 0 atom stereocenters. The van der Waals surface area contributed by atoms with Crippen molar-refractivity contribution in [1.29, 1.82) is 0 Å². The zero-order chi connectivity index (χ0) is 14.5. The Labute approximate surface area is 118 Å². The van der Waals surface area contributed by atoms with E-state index in [1.807, 2.05) is 4.90 Å². The Morgan fingerprint density at radius 2 is 1.90 bits per heavy atom. The van der Waals surface area contributed by atoms with Crippen LogP contribution < -0.4 is 14.8 Å². The van der Waals surface area contributed by atoms with Gasteiger partial charge in [0.2, 0.25) is 5.91 Å². The van der Waals surface area contributed by atoms with Crippen LogP contribution in [0.5, 0.6) is 11.5 Å². The van der Waals surface area contributed by atoms with E-state index in [1.54, 1.807) is 32.4 Å². The third-order valence-corrected chi connectivity index (χ3v) is 3.23. The van der Waals surface area contributed by atoms with Crippen LogP contribution >= 0.6 is 0 Å². The Bertz CT molecular complexity index is 450. The summed E-state index contributed by atoms with van der Waals surface area (Å²) in [5, 5.41) is 12.0. The Balaban J connectivity index is 1.86. The quantitative estimate of drug-likeness (QED) is 0.803. The van der Waals surface area contributed by atoms with Gasteiger partial charge in [-0.3, -0.25) is 9.69 Å². The molecule has 1 aliphatic heterocycles. The molecule has 1 aromatic carbocycles. The molecule has 6 heteroatoms. The van der Waals surface area contributed by atoms with Gasteiger partial charge >= 0.3 is 0 Å².